The minimum Gasteiger partial charge on any atom is -0.227 e. The fourth-order valence-electron chi connectivity index (χ4n) is 1.63. The first-order valence-corrected chi connectivity index (χ1v) is 6.65. The Bertz CT molecular complexity index is 501. The standard InChI is InChI=1S/C9H11BrN2O2S/c1-11-6-7-4-3-5-8(10)9(7)15(13,14)12(11)2/h3-5H,6H2,1-2H3. The van der Waals surface area contributed by atoms with E-state index in [-0.39, 0.29) is 0 Å². The number of benzene rings is 1. The minimum atomic E-state index is -3.39. The van der Waals surface area contributed by atoms with Gasteiger partial charge in [-0.3, -0.25) is 0 Å². The van der Waals surface area contributed by atoms with Gasteiger partial charge in [-0.25, -0.2) is 13.4 Å². The fraction of sp³-hybridized carbons (Fsp3) is 0.333. The van der Waals surface area contributed by atoms with Crippen molar-refractivity contribution in [1.29, 1.82) is 0 Å². The first-order chi connectivity index (χ1) is 6.94. The van der Waals surface area contributed by atoms with E-state index < -0.39 is 10.0 Å². The number of sulfonamides is 1. The van der Waals surface area contributed by atoms with E-state index in [1.807, 2.05) is 12.1 Å². The Hall–Kier alpha value is -0.430. The van der Waals surface area contributed by atoms with Crippen molar-refractivity contribution in [3.05, 3.63) is 28.2 Å². The summed E-state index contributed by atoms with van der Waals surface area (Å²) in [6.07, 6.45) is 0. The number of halogens is 1. The van der Waals surface area contributed by atoms with Crippen LogP contribution in [0, 0.1) is 0 Å². The number of hydrogen-bond donors (Lipinski definition) is 0. The molecule has 6 heteroatoms. The van der Waals surface area contributed by atoms with E-state index in [0.717, 1.165) is 5.56 Å². The Kier molecular flexibility index (Phi) is 2.62. The summed E-state index contributed by atoms with van der Waals surface area (Å²) in [5.74, 6) is 0. The Labute approximate surface area is 97.6 Å². The summed E-state index contributed by atoms with van der Waals surface area (Å²) in [4.78, 5) is 0.380. The number of fused-ring (bicyclic) bond motifs is 1. The van der Waals surface area contributed by atoms with Gasteiger partial charge >= 0.3 is 0 Å². The summed E-state index contributed by atoms with van der Waals surface area (Å²) >= 11 is 3.28. The van der Waals surface area contributed by atoms with Crippen LogP contribution in [0.25, 0.3) is 0 Å². The second kappa shape index (κ2) is 3.55. The lowest BCUT2D eigenvalue weighted by Crippen LogP contribution is -2.44. The van der Waals surface area contributed by atoms with Gasteiger partial charge in [-0.2, -0.15) is 0 Å². The van der Waals surface area contributed by atoms with Crippen LogP contribution >= 0.6 is 15.9 Å². The van der Waals surface area contributed by atoms with Gasteiger partial charge in [-0.05, 0) is 27.6 Å². The maximum Gasteiger partial charge on any atom is 0.257 e. The molecule has 1 aliphatic rings. The van der Waals surface area contributed by atoms with E-state index >= 15 is 0 Å². The zero-order chi connectivity index (χ0) is 11.2. The Morgan fingerprint density at radius 3 is 2.67 bits per heavy atom. The number of hydrazine groups is 1. The molecule has 0 radical (unpaired) electrons. The molecular weight excluding hydrogens is 280 g/mol. The Balaban J connectivity index is 2.74. The molecule has 0 aliphatic carbocycles. The molecule has 1 aliphatic heterocycles. The molecule has 0 fully saturated rings. The first-order valence-electron chi connectivity index (χ1n) is 4.42. The molecule has 0 saturated heterocycles. The van der Waals surface area contributed by atoms with Crippen molar-refractivity contribution in [1.82, 2.24) is 9.42 Å². The van der Waals surface area contributed by atoms with Crippen LogP contribution in [0.15, 0.2) is 27.6 Å². The van der Waals surface area contributed by atoms with Gasteiger partial charge in [0.25, 0.3) is 10.0 Å². The molecule has 0 amide bonds. The normalized spacial score (nSPS) is 21.3. The fourth-order valence-corrected chi connectivity index (χ4v) is 4.12. The molecule has 15 heavy (non-hydrogen) atoms. The van der Waals surface area contributed by atoms with Crippen molar-refractivity contribution in [2.24, 2.45) is 0 Å². The van der Waals surface area contributed by atoms with Gasteiger partial charge < -0.3 is 0 Å². The van der Waals surface area contributed by atoms with E-state index in [1.165, 1.54) is 4.41 Å². The second-order valence-corrected chi connectivity index (χ2v) is 6.22. The predicted octanol–water partition coefficient (Wildman–Crippen LogP) is 1.43. The van der Waals surface area contributed by atoms with E-state index in [4.69, 9.17) is 0 Å². The zero-order valence-corrected chi connectivity index (χ0v) is 10.8. The van der Waals surface area contributed by atoms with Crippen LogP contribution in [0.2, 0.25) is 0 Å². The molecule has 0 N–H and O–H groups in total. The number of hydrogen-bond acceptors (Lipinski definition) is 3. The van der Waals surface area contributed by atoms with Gasteiger partial charge in [0.1, 0.15) is 4.90 Å². The van der Waals surface area contributed by atoms with Crippen molar-refractivity contribution < 1.29 is 8.42 Å². The van der Waals surface area contributed by atoms with Gasteiger partial charge in [0.05, 0.1) is 0 Å². The highest BCUT2D eigenvalue weighted by atomic mass is 79.9. The topological polar surface area (TPSA) is 40.6 Å². The van der Waals surface area contributed by atoms with Crippen LogP contribution in [-0.4, -0.2) is 31.9 Å². The van der Waals surface area contributed by atoms with Gasteiger partial charge in [0, 0.05) is 25.1 Å². The Morgan fingerprint density at radius 2 is 2.00 bits per heavy atom. The highest BCUT2D eigenvalue weighted by Crippen LogP contribution is 2.32. The van der Waals surface area contributed by atoms with Gasteiger partial charge in [-0.1, -0.05) is 12.1 Å². The summed E-state index contributed by atoms with van der Waals surface area (Å²) in [6.45, 7) is 0.602. The molecule has 1 aromatic carbocycles. The smallest absolute Gasteiger partial charge is 0.227 e. The highest BCUT2D eigenvalue weighted by molar-refractivity contribution is 9.10. The molecule has 0 spiro atoms. The average molecular weight is 291 g/mol. The summed E-state index contributed by atoms with van der Waals surface area (Å²) in [5.41, 5.74) is 0.824. The lowest BCUT2D eigenvalue weighted by molar-refractivity contribution is 0.101. The predicted molar refractivity (Wildman–Crippen MR) is 60.6 cm³/mol. The van der Waals surface area contributed by atoms with Crippen LogP contribution in [0.4, 0.5) is 0 Å². The van der Waals surface area contributed by atoms with Crippen molar-refractivity contribution >= 4 is 26.0 Å². The third kappa shape index (κ3) is 1.61. The summed E-state index contributed by atoms with van der Waals surface area (Å²) in [6, 6.07) is 5.42. The molecule has 1 aromatic rings. The molecule has 82 valence electrons. The molecule has 0 saturated carbocycles. The van der Waals surface area contributed by atoms with Crippen LogP contribution < -0.4 is 0 Å². The lowest BCUT2D eigenvalue weighted by atomic mass is 10.2. The monoisotopic (exact) mass is 290 g/mol. The summed E-state index contributed by atoms with van der Waals surface area (Å²) < 4.78 is 26.1. The van der Waals surface area contributed by atoms with Gasteiger partial charge in [0.2, 0.25) is 0 Å². The number of rotatable bonds is 0. The van der Waals surface area contributed by atoms with Crippen molar-refractivity contribution in [3.8, 4) is 0 Å². The summed E-state index contributed by atoms with van der Waals surface area (Å²) in [5, 5.41) is 1.67. The first kappa shape index (κ1) is 11.1. The molecule has 4 nitrogen and oxygen atoms in total. The maximum absolute atomic E-state index is 12.1. The third-order valence-corrected chi connectivity index (χ3v) is 5.43. The second-order valence-electron chi connectivity index (χ2n) is 3.48. The van der Waals surface area contributed by atoms with Gasteiger partial charge in [0.15, 0.2) is 0 Å². The largest absolute Gasteiger partial charge is 0.257 e. The van der Waals surface area contributed by atoms with E-state index in [0.29, 0.717) is 15.9 Å². The van der Waals surface area contributed by atoms with Crippen molar-refractivity contribution in [2.75, 3.05) is 14.1 Å². The molecule has 2 rings (SSSR count). The molecular formula is C9H11BrN2O2S. The van der Waals surface area contributed by atoms with Crippen LogP contribution in [-0.2, 0) is 16.6 Å². The van der Waals surface area contributed by atoms with E-state index in [1.54, 1.807) is 25.2 Å². The van der Waals surface area contributed by atoms with E-state index in [9.17, 15) is 8.42 Å². The molecule has 0 unspecified atom stereocenters. The molecule has 0 aromatic heterocycles. The summed E-state index contributed by atoms with van der Waals surface area (Å²) in [7, 11) is -0.0836. The van der Waals surface area contributed by atoms with Crippen LogP contribution in [0.3, 0.4) is 0 Å². The Morgan fingerprint density at radius 1 is 1.33 bits per heavy atom. The molecule has 0 bridgehead atoms. The molecule has 0 atom stereocenters. The minimum absolute atomic E-state index is 0.380. The SMILES string of the molecule is CN1Cc2cccc(Br)c2S(=O)(=O)N1C. The molecule has 1 heterocycles. The maximum atomic E-state index is 12.1. The van der Waals surface area contributed by atoms with Crippen molar-refractivity contribution in [3.63, 3.8) is 0 Å². The number of nitrogens with zero attached hydrogens (tertiary/aromatic N) is 2. The van der Waals surface area contributed by atoms with Crippen LogP contribution in [0.5, 0.6) is 0 Å². The van der Waals surface area contributed by atoms with Gasteiger partial charge in [-0.15, -0.1) is 4.41 Å². The lowest BCUT2D eigenvalue weighted by Gasteiger charge is -2.33. The van der Waals surface area contributed by atoms with Crippen LogP contribution in [0.1, 0.15) is 5.56 Å². The third-order valence-electron chi connectivity index (χ3n) is 2.53. The van der Waals surface area contributed by atoms with E-state index in [2.05, 4.69) is 15.9 Å². The average Bonchev–Trinajstić information content (AvgIpc) is 2.14. The zero-order valence-electron chi connectivity index (χ0n) is 8.44. The quantitative estimate of drug-likeness (QED) is 0.726. The highest BCUT2D eigenvalue weighted by Gasteiger charge is 2.33. The van der Waals surface area contributed by atoms with Crippen molar-refractivity contribution in [2.45, 2.75) is 11.4 Å².